The molecule has 0 aromatic carbocycles. The lowest BCUT2D eigenvalue weighted by Gasteiger charge is -2.04. The summed E-state index contributed by atoms with van der Waals surface area (Å²) in [5, 5.41) is 12.1. The maximum Gasteiger partial charge on any atom is 0.255 e. The summed E-state index contributed by atoms with van der Waals surface area (Å²) in [5.41, 5.74) is 1.65. The molecule has 0 bridgehead atoms. The molecule has 0 radical (unpaired) electrons. The first-order chi connectivity index (χ1) is 11.2. The highest BCUT2D eigenvalue weighted by Gasteiger charge is 2.06. The van der Waals surface area contributed by atoms with Crippen molar-refractivity contribution in [3.63, 3.8) is 0 Å². The van der Waals surface area contributed by atoms with Crippen LogP contribution in [0.3, 0.4) is 0 Å². The first-order valence-electron chi connectivity index (χ1n) is 7.25. The van der Waals surface area contributed by atoms with E-state index in [1.807, 2.05) is 19.2 Å². The van der Waals surface area contributed by atoms with Gasteiger partial charge in [0.05, 0.1) is 18.8 Å². The molecule has 7 nitrogen and oxygen atoms in total. The van der Waals surface area contributed by atoms with Gasteiger partial charge in [-0.05, 0) is 31.9 Å². The summed E-state index contributed by atoms with van der Waals surface area (Å²) >= 11 is 0. The van der Waals surface area contributed by atoms with Crippen LogP contribution in [-0.4, -0.2) is 31.7 Å². The summed E-state index contributed by atoms with van der Waals surface area (Å²) in [5.74, 6) is 0.332. The van der Waals surface area contributed by atoms with E-state index in [0.29, 0.717) is 26.0 Å². The second-order valence-corrected chi connectivity index (χ2v) is 5.08. The maximum atomic E-state index is 13.3. The topological polar surface area (TPSA) is 78.9 Å². The molecule has 0 amide bonds. The normalized spacial score (nSPS) is 10.9. The van der Waals surface area contributed by atoms with E-state index in [1.54, 1.807) is 16.8 Å². The standard InChI is InChI=1S/C15H16FN5O2/c1-11-8-13(19-23-11)10-21-9-12(18-20-21)4-3-7-22-14-5-2-6-17-15(14)16/h2,5-6,8-9H,3-4,7,10H2,1H3. The second kappa shape index (κ2) is 6.99. The molecule has 0 unspecified atom stereocenters. The monoisotopic (exact) mass is 317 g/mol. The third-order valence-electron chi connectivity index (χ3n) is 3.15. The molecule has 0 spiro atoms. The van der Waals surface area contributed by atoms with E-state index in [-0.39, 0.29) is 5.75 Å². The number of nitrogens with zero attached hydrogens (tertiary/aromatic N) is 5. The summed E-state index contributed by atoms with van der Waals surface area (Å²) < 4.78 is 25.3. The zero-order valence-corrected chi connectivity index (χ0v) is 12.6. The zero-order valence-electron chi connectivity index (χ0n) is 12.6. The molecule has 0 saturated heterocycles. The van der Waals surface area contributed by atoms with Gasteiger partial charge in [-0.3, -0.25) is 0 Å². The molecule has 0 saturated carbocycles. The second-order valence-electron chi connectivity index (χ2n) is 5.08. The van der Waals surface area contributed by atoms with E-state index >= 15 is 0 Å². The van der Waals surface area contributed by atoms with Crippen LogP contribution in [0.4, 0.5) is 4.39 Å². The number of hydrogen-bond donors (Lipinski definition) is 0. The van der Waals surface area contributed by atoms with Gasteiger partial charge >= 0.3 is 0 Å². The first kappa shape index (κ1) is 15.1. The molecule has 3 aromatic rings. The van der Waals surface area contributed by atoms with Crippen LogP contribution in [0.1, 0.15) is 23.6 Å². The van der Waals surface area contributed by atoms with Crippen molar-refractivity contribution in [1.29, 1.82) is 0 Å². The van der Waals surface area contributed by atoms with Gasteiger partial charge in [0, 0.05) is 18.5 Å². The highest BCUT2D eigenvalue weighted by molar-refractivity contribution is 5.17. The van der Waals surface area contributed by atoms with Crippen LogP contribution < -0.4 is 4.74 Å². The SMILES string of the molecule is Cc1cc(Cn2cc(CCCOc3cccnc3F)nn2)no1. The molecule has 0 N–H and O–H groups in total. The van der Waals surface area contributed by atoms with E-state index in [2.05, 4.69) is 20.5 Å². The van der Waals surface area contributed by atoms with Crippen LogP contribution in [0.2, 0.25) is 0 Å². The van der Waals surface area contributed by atoms with Gasteiger partial charge in [-0.2, -0.15) is 4.39 Å². The molecule has 8 heteroatoms. The number of hydrogen-bond acceptors (Lipinski definition) is 6. The number of aromatic nitrogens is 5. The van der Waals surface area contributed by atoms with Crippen molar-refractivity contribution in [2.24, 2.45) is 0 Å². The molecule has 0 aliphatic rings. The minimum atomic E-state index is -0.596. The fourth-order valence-electron chi connectivity index (χ4n) is 2.10. The Kier molecular flexibility index (Phi) is 4.60. The first-order valence-corrected chi connectivity index (χ1v) is 7.25. The van der Waals surface area contributed by atoms with Crippen LogP contribution in [0, 0.1) is 12.9 Å². The largest absolute Gasteiger partial charge is 0.489 e. The molecule has 3 heterocycles. The lowest BCUT2D eigenvalue weighted by atomic mass is 10.2. The zero-order chi connectivity index (χ0) is 16.1. The maximum absolute atomic E-state index is 13.3. The molecule has 3 rings (SSSR count). The van der Waals surface area contributed by atoms with Gasteiger partial charge in [0.15, 0.2) is 5.75 Å². The minimum absolute atomic E-state index is 0.164. The Hall–Kier alpha value is -2.77. The Labute approximate surface area is 132 Å². The third-order valence-corrected chi connectivity index (χ3v) is 3.15. The Morgan fingerprint density at radius 3 is 3.04 bits per heavy atom. The highest BCUT2D eigenvalue weighted by Crippen LogP contribution is 2.13. The smallest absolute Gasteiger partial charge is 0.255 e. The van der Waals surface area contributed by atoms with E-state index < -0.39 is 5.95 Å². The quantitative estimate of drug-likeness (QED) is 0.491. The van der Waals surface area contributed by atoms with Crippen LogP contribution >= 0.6 is 0 Å². The Morgan fingerprint density at radius 1 is 1.35 bits per heavy atom. The molecular weight excluding hydrogens is 301 g/mol. The molecular formula is C15H16FN5O2. The number of halogens is 1. The molecule has 0 aliphatic carbocycles. The van der Waals surface area contributed by atoms with Crippen molar-refractivity contribution >= 4 is 0 Å². The van der Waals surface area contributed by atoms with Crippen molar-refractivity contribution in [2.45, 2.75) is 26.3 Å². The number of ether oxygens (including phenoxy) is 1. The fraction of sp³-hybridized carbons (Fsp3) is 0.333. The van der Waals surface area contributed by atoms with E-state index in [9.17, 15) is 4.39 Å². The average molecular weight is 317 g/mol. The fourth-order valence-corrected chi connectivity index (χ4v) is 2.10. The highest BCUT2D eigenvalue weighted by atomic mass is 19.1. The van der Waals surface area contributed by atoms with Gasteiger partial charge in [0.2, 0.25) is 0 Å². The molecule has 23 heavy (non-hydrogen) atoms. The summed E-state index contributed by atoms with van der Waals surface area (Å²) in [4.78, 5) is 3.53. The van der Waals surface area contributed by atoms with Crippen LogP contribution in [-0.2, 0) is 13.0 Å². The van der Waals surface area contributed by atoms with Crippen molar-refractivity contribution in [3.05, 3.63) is 53.7 Å². The molecule has 3 aromatic heterocycles. The predicted molar refractivity (Wildman–Crippen MR) is 78.4 cm³/mol. The van der Waals surface area contributed by atoms with Gasteiger partial charge in [0.1, 0.15) is 11.5 Å². The van der Waals surface area contributed by atoms with Gasteiger partial charge < -0.3 is 9.26 Å². The van der Waals surface area contributed by atoms with Gasteiger partial charge in [0.25, 0.3) is 5.95 Å². The van der Waals surface area contributed by atoms with Gasteiger partial charge in [-0.25, -0.2) is 9.67 Å². The molecule has 120 valence electrons. The van der Waals surface area contributed by atoms with E-state index in [4.69, 9.17) is 9.26 Å². The van der Waals surface area contributed by atoms with Crippen molar-refractivity contribution in [2.75, 3.05) is 6.61 Å². The third kappa shape index (κ3) is 4.12. The molecule has 0 fully saturated rings. The lowest BCUT2D eigenvalue weighted by molar-refractivity contribution is 0.291. The van der Waals surface area contributed by atoms with Gasteiger partial charge in [-0.15, -0.1) is 5.10 Å². The summed E-state index contributed by atoms with van der Waals surface area (Å²) in [6.45, 7) is 2.74. The predicted octanol–water partition coefficient (Wildman–Crippen LogP) is 2.17. The summed E-state index contributed by atoms with van der Waals surface area (Å²) in [7, 11) is 0. The van der Waals surface area contributed by atoms with Crippen molar-refractivity contribution < 1.29 is 13.7 Å². The van der Waals surface area contributed by atoms with Crippen molar-refractivity contribution in [1.82, 2.24) is 25.1 Å². The van der Waals surface area contributed by atoms with Gasteiger partial charge in [-0.1, -0.05) is 10.4 Å². The van der Waals surface area contributed by atoms with E-state index in [0.717, 1.165) is 17.1 Å². The molecule has 0 aliphatic heterocycles. The van der Waals surface area contributed by atoms with Crippen LogP contribution in [0.25, 0.3) is 0 Å². The minimum Gasteiger partial charge on any atom is -0.489 e. The van der Waals surface area contributed by atoms with Crippen molar-refractivity contribution in [3.8, 4) is 5.75 Å². The Morgan fingerprint density at radius 2 is 2.26 bits per heavy atom. The Balaban J connectivity index is 1.45. The van der Waals surface area contributed by atoms with Crippen LogP contribution in [0.15, 0.2) is 35.1 Å². The number of rotatable bonds is 7. The summed E-state index contributed by atoms with van der Waals surface area (Å²) in [6, 6.07) is 5.05. The Bertz CT molecular complexity index is 771. The number of aryl methyl sites for hydroxylation is 2. The average Bonchev–Trinajstić information content (AvgIpc) is 3.15. The summed E-state index contributed by atoms with van der Waals surface area (Å²) in [6.07, 6.45) is 4.64. The number of pyridine rings is 1. The lowest BCUT2D eigenvalue weighted by Crippen LogP contribution is -2.02. The molecule has 0 atom stereocenters. The van der Waals surface area contributed by atoms with E-state index in [1.165, 1.54) is 6.20 Å². The van der Waals surface area contributed by atoms with Crippen LogP contribution in [0.5, 0.6) is 5.75 Å².